The van der Waals surface area contributed by atoms with Gasteiger partial charge in [-0.25, -0.2) is 0 Å². The minimum atomic E-state index is -4.51. The van der Waals surface area contributed by atoms with Gasteiger partial charge in [0.05, 0.1) is 12.7 Å². The van der Waals surface area contributed by atoms with Crippen molar-refractivity contribution in [3.8, 4) is 0 Å². The average Bonchev–Trinajstić information content (AvgIpc) is 3.32. The molecular formula is C24H28F3N3O2. The van der Waals surface area contributed by atoms with E-state index in [1.54, 1.807) is 12.0 Å². The van der Waals surface area contributed by atoms with Crippen LogP contribution in [-0.2, 0) is 10.9 Å². The molecular weight excluding hydrogens is 419 g/mol. The van der Waals surface area contributed by atoms with Gasteiger partial charge in [-0.2, -0.15) is 13.2 Å². The Morgan fingerprint density at radius 1 is 1.16 bits per heavy atom. The normalized spacial score (nSPS) is 24.9. The van der Waals surface area contributed by atoms with E-state index in [1.807, 2.05) is 6.08 Å². The Morgan fingerprint density at radius 3 is 2.47 bits per heavy atom. The molecule has 5 nitrogen and oxygen atoms in total. The summed E-state index contributed by atoms with van der Waals surface area (Å²) >= 11 is 0. The van der Waals surface area contributed by atoms with E-state index in [1.165, 1.54) is 22.8 Å². The summed E-state index contributed by atoms with van der Waals surface area (Å²) in [6.45, 7) is 7.76. The lowest BCUT2D eigenvalue weighted by atomic mass is 9.97. The monoisotopic (exact) mass is 447 g/mol. The molecule has 4 rings (SSSR count). The van der Waals surface area contributed by atoms with Crippen LogP contribution in [0.4, 0.5) is 13.2 Å². The molecule has 0 spiro atoms. The van der Waals surface area contributed by atoms with E-state index in [0.29, 0.717) is 6.54 Å². The van der Waals surface area contributed by atoms with Crippen molar-refractivity contribution in [1.29, 1.82) is 0 Å². The van der Waals surface area contributed by atoms with Crippen LogP contribution in [0.25, 0.3) is 0 Å². The molecule has 0 unspecified atom stereocenters. The van der Waals surface area contributed by atoms with E-state index in [2.05, 4.69) is 36.7 Å². The summed E-state index contributed by atoms with van der Waals surface area (Å²) in [6, 6.07) is 2.58. The molecule has 2 fully saturated rings. The zero-order valence-electron chi connectivity index (χ0n) is 18.7. The molecule has 1 aliphatic carbocycles. The number of hydrogen-bond acceptors (Lipinski definition) is 4. The molecule has 2 bridgehead atoms. The minimum absolute atomic E-state index is 0.0577. The van der Waals surface area contributed by atoms with Gasteiger partial charge in [0.2, 0.25) is 0 Å². The number of nitrogens with zero attached hydrogens (tertiary/aromatic N) is 3. The van der Waals surface area contributed by atoms with Gasteiger partial charge in [0, 0.05) is 37.4 Å². The van der Waals surface area contributed by atoms with Gasteiger partial charge in [-0.3, -0.25) is 14.7 Å². The molecule has 172 valence electrons. The van der Waals surface area contributed by atoms with Crippen LogP contribution >= 0.6 is 0 Å². The number of pyridine rings is 1. The van der Waals surface area contributed by atoms with Gasteiger partial charge < -0.3 is 9.64 Å². The van der Waals surface area contributed by atoms with E-state index < -0.39 is 11.9 Å². The van der Waals surface area contributed by atoms with Crippen LogP contribution in [0.2, 0.25) is 0 Å². The van der Waals surface area contributed by atoms with Gasteiger partial charge in [0.25, 0.3) is 5.91 Å². The van der Waals surface area contributed by atoms with Crippen molar-refractivity contribution in [3.05, 3.63) is 64.2 Å². The number of amides is 1. The summed E-state index contributed by atoms with van der Waals surface area (Å²) < 4.78 is 43.7. The number of likely N-dealkylation sites (tertiary alicyclic amines) is 2. The van der Waals surface area contributed by atoms with Crippen molar-refractivity contribution in [3.63, 3.8) is 0 Å². The van der Waals surface area contributed by atoms with Crippen LogP contribution in [-0.4, -0.2) is 59.0 Å². The Hall–Kier alpha value is -2.61. The number of carbonyl (C=O) groups is 1. The van der Waals surface area contributed by atoms with Gasteiger partial charge in [-0.15, -0.1) is 0 Å². The number of fused-ring (bicyclic) bond motifs is 2. The largest absolute Gasteiger partial charge is 0.497 e. The summed E-state index contributed by atoms with van der Waals surface area (Å²) in [4.78, 5) is 20.6. The van der Waals surface area contributed by atoms with Crippen molar-refractivity contribution in [1.82, 2.24) is 14.8 Å². The molecule has 1 aromatic rings. The van der Waals surface area contributed by atoms with Crippen LogP contribution in [0.15, 0.2) is 53.0 Å². The molecule has 1 aromatic heterocycles. The van der Waals surface area contributed by atoms with Gasteiger partial charge in [0.15, 0.2) is 0 Å². The van der Waals surface area contributed by atoms with Gasteiger partial charge >= 0.3 is 6.18 Å². The Balaban J connectivity index is 1.44. The molecule has 2 saturated heterocycles. The third-order valence-electron chi connectivity index (χ3n) is 6.87. The summed E-state index contributed by atoms with van der Waals surface area (Å²) in [5.41, 5.74) is 2.99. The first-order chi connectivity index (χ1) is 15.1. The van der Waals surface area contributed by atoms with Crippen LogP contribution in [0.5, 0.6) is 0 Å². The number of alkyl halides is 3. The van der Waals surface area contributed by atoms with E-state index in [0.717, 1.165) is 37.4 Å². The maximum absolute atomic E-state index is 12.9. The van der Waals surface area contributed by atoms with Gasteiger partial charge in [0.1, 0.15) is 11.5 Å². The summed E-state index contributed by atoms with van der Waals surface area (Å²) in [5.74, 6) is 0.650. The fourth-order valence-electron chi connectivity index (χ4n) is 5.23. The molecule has 32 heavy (non-hydrogen) atoms. The zero-order valence-corrected chi connectivity index (χ0v) is 18.7. The summed E-state index contributed by atoms with van der Waals surface area (Å²) in [5, 5.41) is 0. The van der Waals surface area contributed by atoms with Crippen molar-refractivity contribution in [2.24, 2.45) is 0 Å². The van der Waals surface area contributed by atoms with Crippen molar-refractivity contribution in [2.75, 3.05) is 20.2 Å². The van der Waals surface area contributed by atoms with E-state index in [4.69, 9.17) is 4.74 Å². The molecule has 3 aliphatic rings. The first-order valence-corrected chi connectivity index (χ1v) is 10.8. The van der Waals surface area contributed by atoms with Crippen LogP contribution in [0, 0.1) is 0 Å². The second-order valence-electron chi connectivity index (χ2n) is 8.90. The third kappa shape index (κ3) is 4.08. The number of aromatic nitrogens is 1. The van der Waals surface area contributed by atoms with E-state index in [9.17, 15) is 18.0 Å². The van der Waals surface area contributed by atoms with Crippen LogP contribution < -0.4 is 0 Å². The van der Waals surface area contributed by atoms with Gasteiger partial charge in [-0.1, -0.05) is 11.6 Å². The number of halogens is 3. The summed E-state index contributed by atoms with van der Waals surface area (Å²) in [7, 11) is 1.68. The average molecular weight is 448 g/mol. The maximum Gasteiger partial charge on any atom is 0.433 e. The molecule has 0 aromatic carbocycles. The first kappa shape index (κ1) is 22.6. The van der Waals surface area contributed by atoms with Crippen LogP contribution in [0.1, 0.15) is 49.7 Å². The highest BCUT2D eigenvalue weighted by atomic mass is 19.4. The van der Waals surface area contributed by atoms with Crippen molar-refractivity contribution >= 4 is 5.91 Å². The fraction of sp³-hybridized carbons (Fsp3) is 0.500. The highest BCUT2D eigenvalue weighted by molar-refractivity contribution is 5.94. The molecule has 3 atom stereocenters. The lowest BCUT2D eigenvalue weighted by Gasteiger charge is -2.38. The number of carbonyl (C=O) groups excluding carboxylic acids is 1. The van der Waals surface area contributed by atoms with Gasteiger partial charge in [-0.05, 0) is 63.0 Å². The predicted molar refractivity (Wildman–Crippen MR) is 115 cm³/mol. The molecule has 0 N–H and O–H groups in total. The maximum atomic E-state index is 12.9. The number of allylic oxidation sites excluding steroid dienone is 3. The molecule has 8 heteroatoms. The number of rotatable bonds is 4. The Bertz CT molecular complexity index is 995. The second-order valence-corrected chi connectivity index (χ2v) is 8.90. The van der Waals surface area contributed by atoms with E-state index in [-0.39, 0.29) is 29.6 Å². The highest BCUT2D eigenvalue weighted by Crippen LogP contribution is 2.37. The summed E-state index contributed by atoms with van der Waals surface area (Å²) in [6.07, 6.45) is 2.43. The topological polar surface area (TPSA) is 45.7 Å². The smallest absolute Gasteiger partial charge is 0.433 e. The highest BCUT2D eigenvalue weighted by Gasteiger charge is 2.47. The first-order valence-electron chi connectivity index (χ1n) is 10.8. The molecule has 2 aliphatic heterocycles. The minimum Gasteiger partial charge on any atom is -0.497 e. The third-order valence-corrected chi connectivity index (χ3v) is 6.87. The lowest BCUT2D eigenvalue weighted by molar-refractivity contribution is -0.141. The molecule has 0 radical (unpaired) electrons. The Kier molecular flexibility index (Phi) is 5.92. The molecule has 0 saturated carbocycles. The van der Waals surface area contributed by atoms with Crippen molar-refractivity contribution in [2.45, 2.75) is 57.9 Å². The Labute approximate surface area is 186 Å². The number of hydrogen-bond donors (Lipinski definition) is 0. The Morgan fingerprint density at radius 2 is 1.91 bits per heavy atom. The van der Waals surface area contributed by atoms with E-state index >= 15 is 0 Å². The predicted octanol–water partition coefficient (Wildman–Crippen LogP) is 4.58. The standard InChI is InChI=1S/C24H28F3N3O2/c1-14-9-15(2)21(32-4)7-6-20(14)16(3)29-12-19-10-18(29)13-30(19)23(31)17-5-8-22(28-11-17)24(25,26)27/h5-8,11,16,18-19H,9-10,12-13H2,1-4H3/t16-,18-,19-/m0/s1. The van der Waals surface area contributed by atoms with Crippen molar-refractivity contribution < 1.29 is 22.7 Å². The lowest BCUT2D eigenvalue weighted by Crippen LogP contribution is -2.51. The number of piperazine rings is 1. The number of methoxy groups -OCH3 is 1. The van der Waals surface area contributed by atoms with Crippen LogP contribution in [0.3, 0.4) is 0 Å². The zero-order chi connectivity index (χ0) is 23.2. The SMILES string of the molecule is COC1=C(C)CC(C)=C([C@H](C)N2C[C@@H]3C[C@H]2CN3C(=O)c2ccc(C(F)(F)F)nc2)C=C1. The number of ether oxygens (including phenoxy) is 1. The fourth-order valence-corrected chi connectivity index (χ4v) is 5.23. The molecule has 1 amide bonds. The quantitative estimate of drug-likeness (QED) is 0.678. The molecule has 3 heterocycles. The second kappa shape index (κ2) is 8.39.